The molecule has 0 aliphatic heterocycles. The average Bonchev–Trinajstić information content (AvgIpc) is 2.28. The lowest BCUT2D eigenvalue weighted by atomic mass is 10.2. The highest BCUT2D eigenvalue weighted by molar-refractivity contribution is 6.22. The summed E-state index contributed by atoms with van der Waals surface area (Å²) in [4.78, 5) is 23.5. The fourth-order valence-corrected chi connectivity index (χ4v) is 1.12. The number of hydrogen-bond donors (Lipinski definition) is 2. The Morgan fingerprint density at radius 2 is 1.88 bits per heavy atom. The molecule has 0 atom stereocenters. The summed E-state index contributed by atoms with van der Waals surface area (Å²) in [6, 6.07) is 6.85. The summed E-state index contributed by atoms with van der Waals surface area (Å²) in [5.74, 6) is -1.67. The number of anilines is 1. The number of amides is 1. The number of rotatable bonds is 4. The van der Waals surface area contributed by atoms with Gasteiger partial charge in [0.25, 0.3) is 5.91 Å². The molecular formula is C11H13N3O3. The van der Waals surface area contributed by atoms with E-state index in [1.54, 1.807) is 24.3 Å². The number of aliphatic carboxylic acids is 1. The van der Waals surface area contributed by atoms with E-state index in [1.807, 2.05) is 19.0 Å². The van der Waals surface area contributed by atoms with Crippen molar-refractivity contribution < 1.29 is 14.7 Å². The van der Waals surface area contributed by atoms with Gasteiger partial charge < -0.3 is 10.0 Å². The monoisotopic (exact) mass is 235 g/mol. The first-order valence-electron chi connectivity index (χ1n) is 4.84. The van der Waals surface area contributed by atoms with Crippen LogP contribution < -0.4 is 10.3 Å². The Bertz CT molecular complexity index is 438. The maximum atomic E-state index is 11.5. The number of nitrogens with zero attached hydrogens (tertiary/aromatic N) is 2. The highest BCUT2D eigenvalue weighted by Gasteiger charge is 2.04. The van der Waals surface area contributed by atoms with E-state index in [4.69, 9.17) is 5.11 Å². The quantitative estimate of drug-likeness (QED) is 0.590. The standard InChI is InChI=1S/C11H13N3O3/c1-14(2)9-5-3-8(4-6-9)11(17)13-12-7-10(15)16/h3-7H,1-2H3,(H,13,17)(H,15,16). The molecule has 0 aromatic heterocycles. The number of carboxylic acid groups (broad SMARTS) is 1. The molecule has 1 aromatic carbocycles. The molecule has 2 N–H and O–H groups in total. The SMILES string of the molecule is CN(C)c1ccc(C(=O)NN=CC(=O)O)cc1. The minimum absolute atomic E-state index is 0.415. The van der Waals surface area contributed by atoms with Crippen molar-refractivity contribution in [3.8, 4) is 0 Å². The van der Waals surface area contributed by atoms with E-state index in [9.17, 15) is 9.59 Å². The van der Waals surface area contributed by atoms with Gasteiger partial charge in [0.15, 0.2) is 0 Å². The molecule has 0 aliphatic rings. The predicted octanol–water partition coefficient (Wildman–Crippen LogP) is 0.553. The fourth-order valence-electron chi connectivity index (χ4n) is 1.12. The molecular weight excluding hydrogens is 222 g/mol. The molecule has 0 saturated heterocycles. The van der Waals surface area contributed by atoms with Gasteiger partial charge in [-0.2, -0.15) is 5.10 Å². The largest absolute Gasteiger partial charge is 0.477 e. The lowest BCUT2D eigenvalue weighted by Gasteiger charge is -2.12. The highest BCUT2D eigenvalue weighted by Crippen LogP contribution is 2.11. The second-order valence-corrected chi connectivity index (χ2v) is 3.48. The Balaban J connectivity index is 2.67. The van der Waals surface area contributed by atoms with E-state index in [-0.39, 0.29) is 0 Å². The highest BCUT2D eigenvalue weighted by atomic mass is 16.4. The summed E-state index contributed by atoms with van der Waals surface area (Å²) in [6.45, 7) is 0. The number of carboxylic acids is 1. The van der Waals surface area contributed by atoms with Crippen LogP contribution in [0.15, 0.2) is 29.4 Å². The molecule has 90 valence electrons. The van der Waals surface area contributed by atoms with Gasteiger partial charge in [0.1, 0.15) is 6.21 Å². The number of nitrogens with one attached hydrogen (secondary N) is 1. The Morgan fingerprint density at radius 3 is 2.35 bits per heavy atom. The topological polar surface area (TPSA) is 82.0 Å². The summed E-state index contributed by atoms with van der Waals surface area (Å²) >= 11 is 0. The third-order valence-corrected chi connectivity index (χ3v) is 1.99. The Kier molecular flexibility index (Phi) is 4.21. The first-order chi connectivity index (χ1) is 8.00. The second-order valence-electron chi connectivity index (χ2n) is 3.48. The van der Waals surface area contributed by atoms with Gasteiger partial charge >= 0.3 is 5.97 Å². The van der Waals surface area contributed by atoms with Crippen molar-refractivity contribution >= 4 is 23.8 Å². The first kappa shape index (κ1) is 12.7. The third kappa shape index (κ3) is 3.94. The van der Waals surface area contributed by atoms with Crippen molar-refractivity contribution in [1.82, 2.24) is 5.43 Å². The lowest BCUT2D eigenvalue weighted by Crippen LogP contribution is -2.18. The average molecular weight is 235 g/mol. The number of benzene rings is 1. The Labute approximate surface area is 98.5 Å². The lowest BCUT2D eigenvalue weighted by molar-refractivity contribution is -0.128. The van der Waals surface area contributed by atoms with Crippen molar-refractivity contribution in [2.75, 3.05) is 19.0 Å². The number of hydrogen-bond acceptors (Lipinski definition) is 4. The smallest absolute Gasteiger partial charge is 0.348 e. The van der Waals surface area contributed by atoms with Gasteiger partial charge in [0, 0.05) is 25.3 Å². The number of carbonyl (C=O) groups excluding carboxylic acids is 1. The zero-order valence-electron chi connectivity index (χ0n) is 9.54. The van der Waals surface area contributed by atoms with Crippen molar-refractivity contribution in [2.24, 2.45) is 5.10 Å². The molecule has 0 fully saturated rings. The van der Waals surface area contributed by atoms with Crippen LogP contribution in [0.3, 0.4) is 0 Å². The van der Waals surface area contributed by atoms with E-state index in [0.717, 1.165) is 5.69 Å². The molecule has 1 amide bonds. The molecule has 6 nitrogen and oxygen atoms in total. The predicted molar refractivity (Wildman–Crippen MR) is 64.4 cm³/mol. The summed E-state index contributed by atoms with van der Waals surface area (Å²) in [5.41, 5.74) is 3.50. The molecule has 0 radical (unpaired) electrons. The molecule has 0 aliphatic carbocycles. The summed E-state index contributed by atoms with van der Waals surface area (Å²) < 4.78 is 0. The van der Waals surface area contributed by atoms with Crippen molar-refractivity contribution in [3.63, 3.8) is 0 Å². The molecule has 1 rings (SSSR count). The van der Waals surface area contributed by atoms with Crippen LogP contribution in [0.2, 0.25) is 0 Å². The van der Waals surface area contributed by atoms with Crippen LogP contribution >= 0.6 is 0 Å². The van der Waals surface area contributed by atoms with Gasteiger partial charge in [0.05, 0.1) is 0 Å². The van der Waals surface area contributed by atoms with Crippen molar-refractivity contribution in [1.29, 1.82) is 0 Å². The van der Waals surface area contributed by atoms with Crippen LogP contribution in [0.4, 0.5) is 5.69 Å². The van der Waals surface area contributed by atoms with Gasteiger partial charge in [-0.15, -0.1) is 0 Å². The third-order valence-electron chi connectivity index (χ3n) is 1.99. The zero-order chi connectivity index (χ0) is 12.8. The Hall–Kier alpha value is -2.37. The fraction of sp³-hybridized carbons (Fsp3) is 0.182. The second kappa shape index (κ2) is 5.64. The molecule has 1 aromatic rings. The van der Waals surface area contributed by atoms with Crippen LogP contribution in [0, 0.1) is 0 Å². The van der Waals surface area contributed by atoms with Gasteiger partial charge in [-0.1, -0.05) is 0 Å². The maximum Gasteiger partial charge on any atom is 0.348 e. The first-order valence-corrected chi connectivity index (χ1v) is 4.84. The van der Waals surface area contributed by atoms with Crippen LogP contribution in [-0.4, -0.2) is 37.3 Å². The van der Waals surface area contributed by atoms with Crippen LogP contribution in [-0.2, 0) is 4.79 Å². The molecule has 6 heteroatoms. The van der Waals surface area contributed by atoms with Crippen molar-refractivity contribution in [3.05, 3.63) is 29.8 Å². The van der Waals surface area contributed by atoms with Gasteiger partial charge in [-0.3, -0.25) is 4.79 Å². The van der Waals surface area contributed by atoms with E-state index >= 15 is 0 Å². The molecule has 0 unspecified atom stereocenters. The van der Waals surface area contributed by atoms with Gasteiger partial charge in [-0.05, 0) is 24.3 Å². The van der Waals surface area contributed by atoms with E-state index in [0.29, 0.717) is 11.8 Å². The van der Waals surface area contributed by atoms with E-state index in [2.05, 4.69) is 10.5 Å². The zero-order valence-corrected chi connectivity index (χ0v) is 9.54. The summed E-state index contributed by atoms with van der Waals surface area (Å²) in [7, 11) is 3.79. The maximum absolute atomic E-state index is 11.5. The molecule has 17 heavy (non-hydrogen) atoms. The van der Waals surface area contributed by atoms with Crippen LogP contribution in [0.5, 0.6) is 0 Å². The van der Waals surface area contributed by atoms with Crippen LogP contribution in [0.25, 0.3) is 0 Å². The Morgan fingerprint density at radius 1 is 1.29 bits per heavy atom. The van der Waals surface area contributed by atoms with Gasteiger partial charge in [-0.25, -0.2) is 10.2 Å². The molecule has 0 spiro atoms. The number of hydrazone groups is 1. The van der Waals surface area contributed by atoms with E-state index < -0.39 is 11.9 Å². The minimum Gasteiger partial charge on any atom is -0.477 e. The molecule has 0 saturated carbocycles. The van der Waals surface area contributed by atoms with Crippen LogP contribution in [0.1, 0.15) is 10.4 Å². The van der Waals surface area contributed by atoms with Crippen molar-refractivity contribution in [2.45, 2.75) is 0 Å². The summed E-state index contributed by atoms with van der Waals surface area (Å²) in [6.07, 6.45) is 0.617. The molecule has 0 bridgehead atoms. The van der Waals surface area contributed by atoms with E-state index in [1.165, 1.54) is 0 Å². The van der Waals surface area contributed by atoms with Gasteiger partial charge in [0.2, 0.25) is 0 Å². The normalized spacial score (nSPS) is 10.2. The molecule has 0 heterocycles. The summed E-state index contributed by atoms with van der Waals surface area (Å²) in [5, 5.41) is 11.6. The number of carbonyl (C=O) groups is 2. The minimum atomic E-state index is -1.21.